The molecule has 0 aliphatic carbocycles. The molecule has 5 nitrogen and oxygen atoms in total. The molecule has 0 saturated heterocycles. The molecule has 1 aromatic rings. The Bertz CT molecular complexity index is 406. The van der Waals surface area contributed by atoms with Gasteiger partial charge in [-0.05, 0) is 19.5 Å². The summed E-state index contributed by atoms with van der Waals surface area (Å²) < 4.78 is 15.6. The lowest BCUT2D eigenvalue weighted by Gasteiger charge is -2.14. The normalized spacial score (nSPS) is 10.1. The Kier molecular flexibility index (Phi) is 6.74. The number of hydrogen-bond donors (Lipinski definition) is 1. The molecular weight excluding hydrogens is 246 g/mol. The van der Waals surface area contributed by atoms with Crippen molar-refractivity contribution in [3.63, 3.8) is 0 Å². The zero-order chi connectivity index (χ0) is 14.1. The molecule has 0 unspecified atom stereocenters. The van der Waals surface area contributed by atoms with E-state index in [0.717, 1.165) is 11.3 Å². The first-order valence-electron chi connectivity index (χ1n) is 6.23. The molecule has 19 heavy (non-hydrogen) atoms. The minimum absolute atomic E-state index is 0.223. The Hall–Kier alpha value is -1.75. The molecule has 0 fully saturated rings. The number of para-hydroxylation sites is 1. The lowest BCUT2D eigenvalue weighted by Crippen LogP contribution is -2.10. The van der Waals surface area contributed by atoms with Crippen LogP contribution in [0, 0.1) is 0 Å². The highest BCUT2D eigenvalue weighted by Gasteiger charge is 2.10. The van der Waals surface area contributed by atoms with E-state index in [2.05, 4.69) is 10.1 Å². The maximum Gasteiger partial charge on any atom is 0.305 e. The van der Waals surface area contributed by atoms with Gasteiger partial charge < -0.3 is 19.5 Å². The molecule has 0 amide bonds. The number of carbonyl (C=O) groups is 1. The van der Waals surface area contributed by atoms with E-state index in [4.69, 9.17) is 9.47 Å². The molecule has 1 aromatic carbocycles. The molecule has 0 aromatic heterocycles. The molecular formula is C14H21NO4. The number of carbonyl (C=O) groups excluding carboxylic acids is 1. The average Bonchev–Trinajstić information content (AvgIpc) is 2.44. The summed E-state index contributed by atoms with van der Waals surface area (Å²) in [4.78, 5) is 11.0. The van der Waals surface area contributed by atoms with E-state index in [1.165, 1.54) is 7.11 Å². The minimum atomic E-state index is -0.223. The van der Waals surface area contributed by atoms with Crippen LogP contribution in [-0.4, -0.2) is 33.8 Å². The van der Waals surface area contributed by atoms with Gasteiger partial charge >= 0.3 is 5.97 Å². The summed E-state index contributed by atoms with van der Waals surface area (Å²) in [7, 11) is 4.87. The number of rotatable bonds is 8. The number of nitrogens with one attached hydrogen (secondary N) is 1. The van der Waals surface area contributed by atoms with Gasteiger partial charge in [0.25, 0.3) is 0 Å². The lowest BCUT2D eigenvalue weighted by molar-refractivity contribution is -0.140. The van der Waals surface area contributed by atoms with Crippen molar-refractivity contribution in [2.24, 2.45) is 0 Å². The molecule has 106 valence electrons. The Labute approximate surface area is 113 Å². The second-order valence-corrected chi connectivity index (χ2v) is 4.01. The van der Waals surface area contributed by atoms with Crippen LogP contribution in [0.15, 0.2) is 18.2 Å². The van der Waals surface area contributed by atoms with Gasteiger partial charge in [0.1, 0.15) is 0 Å². The summed E-state index contributed by atoms with van der Waals surface area (Å²) in [5, 5.41) is 3.08. The van der Waals surface area contributed by atoms with Crippen LogP contribution in [0.25, 0.3) is 0 Å². The molecule has 0 saturated carbocycles. The topological polar surface area (TPSA) is 56.8 Å². The van der Waals surface area contributed by atoms with Crippen molar-refractivity contribution in [2.75, 3.05) is 27.9 Å². The Balaban J connectivity index is 2.61. The maximum absolute atomic E-state index is 11.0. The summed E-state index contributed by atoms with van der Waals surface area (Å²) in [6, 6.07) is 5.76. The number of ether oxygens (including phenoxy) is 3. The van der Waals surface area contributed by atoms with Crippen LogP contribution >= 0.6 is 0 Å². The van der Waals surface area contributed by atoms with Crippen LogP contribution in [0.4, 0.5) is 0 Å². The lowest BCUT2D eigenvalue weighted by atomic mass is 10.2. The quantitative estimate of drug-likeness (QED) is 0.574. The summed E-state index contributed by atoms with van der Waals surface area (Å²) in [6.45, 7) is 1.15. The molecule has 1 rings (SSSR count). The first-order chi connectivity index (χ1) is 9.22. The third-order valence-electron chi connectivity index (χ3n) is 2.65. The summed E-state index contributed by atoms with van der Waals surface area (Å²) >= 11 is 0. The minimum Gasteiger partial charge on any atom is -0.493 e. The summed E-state index contributed by atoms with van der Waals surface area (Å²) in [5.41, 5.74) is 1.03. The zero-order valence-corrected chi connectivity index (χ0v) is 11.7. The fourth-order valence-electron chi connectivity index (χ4n) is 1.71. The van der Waals surface area contributed by atoms with Gasteiger partial charge in [-0.15, -0.1) is 0 Å². The fourth-order valence-corrected chi connectivity index (χ4v) is 1.71. The van der Waals surface area contributed by atoms with Gasteiger partial charge in [0.15, 0.2) is 11.5 Å². The third-order valence-corrected chi connectivity index (χ3v) is 2.65. The van der Waals surface area contributed by atoms with Crippen LogP contribution in [0.2, 0.25) is 0 Å². The van der Waals surface area contributed by atoms with Crippen LogP contribution < -0.4 is 14.8 Å². The second kappa shape index (κ2) is 8.37. The van der Waals surface area contributed by atoms with Crippen LogP contribution in [-0.2, 0) is 16.1 Å². The van der Waals surface area contributed by atoms with E-state index in [0.29, 0.717) is 31.7 Å². The first kappa shape index (κ1) is 15.3. The van der Waals surface area contributed by atoms with Gasteiger partial charge in [-0.1, -0.05) is 12.1 Å². The molecule has 0 heterocycles. The van der Waals surface area contributed by atoms with E-state index in [1.54, 1.807) is 7.11 Å². The highest BCUT2D eigenvalue weighted by molar-refractivity contribution is 5.69. The second-order valence-electron chi connectivity index (χ2n) is 4.01. The van der Waals surface area contributed by atoms with Crippen molar-refractivity contribution in [3.8, 4) is 11.5 Å². The Morgan fingerprint density at radius 1 is 1.32 bits per heavy atom. The molecule has 0 spiro atoms. The van der Waals surface area contributed by atoms with Crippen LogP contribution in [0.3, 0.4) is 0 Å². The van der Waals surface area contributed by atoms with Crippen molar-refractivity contribution >= 4 is 5.97 Å². The molecule has 0 bridgehead atoms. The van der Waals surface area contributed by atoms with Crippen LogP contribution in [0.1, 0.15) is 18.4 Å². The van der Waals surface area contributed by atoms with Gasteiger partial charge in [0.2, 0.25) is 0 Å². The van der Waals surface area contributed by atoms with Gasteiger partial charge in [-0.2, -0.15) is 0 Å². The van der Waals surface area contributed by atoms with Gasteiger partial charge in [-0.25, -0.2) is 0 Å². The Morgan fingerprint density at radius 2 is 2.11 bits per heavy atom. The first-order valence-corrected chi connectivity index (χ1v) is 6.23. The van der Waals surface area contributed by atoms with Crippen molar-refractivity contribution in [3.05, 3.63) is 23.8 Å². The molecule has 0 atom stereocenters. The standard InChI is InChI=1S/C14H21NO4/c1-15-10-11-6-4-7-12(17-2)14(11)19-9-5-8-13(16)18-3/h4,6-7,15H,5,8-10H2,1-3H3. The maximum atomic E-state index is 11.0. The Morgan fingerprint density at radius 3 is 2.74 bits per heavy atom. The van der Waals surface area contributed by atoms with Crippen molar-refractivity contribution in [2.45, 2.75) is 19.4 Å². The van der Waals surface area contributed by atoms with E-state index in [1.807, 2.05) is 25.2 Å². The largest absolute Gasteiger partial charge is 0.493 e. The van der Waals surface area contributed by atoms with E-state index in [-0.39, 0.29) is 5.97 Å². The SMILES string of the molecule is CNCc1cccc(OC)c1OCCCC(=O)OC. The van der Waals surface area contributed by atoms with Gasteiger partial charge in [0, 0.05) is 18.5 Å². The number of hydrogen-bond acceptors (Lipinski definition) is 5. The predicted molar refractivity (Wildman–Crippen MR) is 72.5 cm³/mol. The molecule has 1 N–H and O–H groups in total. The van der Waals surface area contributed by atoms with Crippen molar-refractivity contribution in [1.82, 2.24) is 5.32 Å². The van der Waals surface area contributed by atoms with E-state index in [9.17, 15) is 4.79 Å². The summed E-state index contributed by atoms with van der Waals surface area (Å²) in [6.07, 6.45) is 0.969. The number of benzene rings is 1. The third kappa shape index (κ3) is 4.79. The number of methoxy groups -OCH3 is 2. The predicted octanol–water partition coefficient (Wildman–Crippen LogP) is 1.75. The van der Waals surface area contributed by atoms with Gasteiger partial charge in [0.05, 0.1) is 20.8 Å². The monoisotopic (exact) mass is 267 g/mol. The average molecular weight is 267 g/mol. The highest BCUT2D eigenvalue weighted by Crippen LogP contribution is 2.31. The van der Waals surface area contributed by atoms with Crippen LogP contribution in [0.5, 0.6) is 11.5 Å². The van der Waals surface area contributed by atoms with Crippen molar-refractivity contribution in [1.29, 1.82) is 0 Å². The highest BCUT2D eigenvalue weighted by atomic mass is 16.5. The van der Waals surface area contributed by atoms with Gasteiger partial charge in [-0.3, -0.25) is 4.79 Å². The molecule has 0 aliphatic heterocycles. The zero-order valence-electron chi connectivity index (χ0n) is 11.7. The van der Waals surface area contributed by atoms with E-state index < -0.39 is 0 Å². The molecule has 0 radical (unpaired) electrons. The molecule has 0 aliphatic rings. The van der Waals surface area contributed by atoms with Crippen molar-refractivity contribution < 1.29 is 19.0 Å². The molecule has 5 heteroatoms. The number of esters is 1. The fraction of sp³-hybridized carbons (Fsp3) is 0.500. The smallest absolute Gasteiger partial charge is 0.305 e. The van der Waals surface area contributed by atoms with E-state index >= 15 is 0 Å². The summed E-state index contributed by atoms with van der Waals surface area (Å²) in [5.74, 6) is 1.20.